The molecule has 0 amide bonds. The zero-order valence-electron chi connectivity index (χ0n) is 11.5. The third kappa shape index (κ3) is 2.25. The van der Waals surface area contributed by atoms with Gasteiger partial charge in [-0.25, -0.2) is 0 Å². The molecule has 1 unspecified atom stereocenters. The molecule has 0 spiro atoms. The lowest BCUT2D eigenvalue weighted by Gasteiger charge is -2.18. The van der Waals surface area contributed by atoms with Gasteiger partial charge in [0.25, 0.3) is 5.56 Å². The zero-order chi connectivity index (χ0) is 12.7. The largest absolute Gasteiger partial charge is 0.315 e. The van der Waals surface area contributed by atoms with Gasteiger partial charge in [0.1, 0.15) is 0 Å². The van der Waals surface area contributed by atoms with Crippen LogP contribution in [0, 0.1) is 18.8 Å². The fourth-order valence-corrected chi connectivity index (χ4v) is 3.34. The van der Waals surface area contributed by atoms with Crippen molar-refractivity contribution in [2.45, 2.75) is 58.4 Å². The first kappa shape index (κ1) is 12.0. The minimum absolute atomic E-state index is 0.221. The summed E-state index contributed by atoms with van der Waals surface area (Å²) >= 11 is 0. The molecule has 0 saturated heterocycles. The minimum Gasteiger partial charge on any atom is -0.315 e. The first-order valence-corrected chi connectivity index (χ1v) is 7.36. The van der Waals surface area contributed by atoms with Crippen LogP contribution in [0.15, 0.2) is 17.1 Å². The highest BCUT2D eigenvalue weighted by Crippen LogP contribution is 2.40. The van der Waals surface area contributed by atoms with Crippen LogP contribution < -0.4 is 5.56 Å². The number of pyridine rings is 1. The van der Waals surface area contributed by atoms with Crippen molar-refractivity contribution in [2.24, 2.45) is 11.8 Å². The van der Waals surface area contributed by atoms with Gasteiger partial charge in [0.2, 0.25) is 0 Å². The molecular formula is C16H23NO. The summed E-state index contributed by atoms with van der Waals surface area (Å²) in [4.78, 5) is 12.2. The molecule has 0 bridgehead atoms. The van der Waals surface area contributed by atoms with Gasteiger partial charge >= 0.3 is 0 Å². The normalized spacial score (nSPS) is 27.7. The van der Waals surface area contributed by atoms with Gasteiger partial charge in [0, 0.05) is 18.3 Å². The van der Waals surface area contributed by atoms with E-state index >= 15 is 0 Å². The fraction of sp³-hybridized carbons (Fsp3) is 0.688. The van der Waals surface area contributed by atoms with Crippen molar-refractivity contribution in [1.29, 1.82) is 0 Å². The molecule has 2 nitrogen and oxygen atoms in total. The average molecular weight is 245 g/mol. The van der Waals surface area contributed by atoms with Gasteiger partial charge < -0.3 is 4.57 Å². The Labute approximate surface area is 109 Å². The molecule has 2 saturated carbocycles. The van der Waals surface area contributed by atoms with Crippen LogP contribution in [-0.4, -0.2) is 4.57 Å². The molecule has 2 atom stereocenters. The standard InChI is InChI=1S/C16H23NO/c1-11-4-3-5-14(11)9-17-10-15(13-6-7-13)8-12(2)16(17)18/h8,10-11,13-14H,3-7,9H2,1-2H3/t11-,14?/m1/s1. The maximum Gasteiger partial charge on any atom is 0.253 e. The predicted octanol–water partition coefficient (Wildman–Crippen LogP) is 3.47. The van der Waals surface area contributed by atoms with Gasteiger partial charge in [-0.15, -0.1) is 0 Å². The molecule has 0 aromatic carbocycles. The molecule has 18 heavy (non-hydrogen) atoms. The summed E-state index contributed by atoms with van der Waals surface area (Å²) in [5.74, 6) is 2.22. The van der Waals surface area contributed by atoms with Crippen LogP contribution in [0.4, 0.5) is 0 Å². The van der Waals surface area contributed by atoms with Crippen molar-refractivity contribution < 1.29 is 0 Å². The molecule has 0 N–H and O–H groups in total. The molecule has 2 aliphatic rings. The molecule has 1 aromatic rings. The van der Waals surface area contributed by atoms with E-state index in [9.17, 15) is 4.79 Å². The number of aryl methyl sites for hydroxylation is 1. The van der Waals surface area contributed by atoms with E-state index in [2.05, 4.69) is 19.2 Å². The maximum atomic E-state index is 12.2. The minimum atomic E-state index is 0.221. The van der Waals surface area contributed by atoms with E-state index in [-0.39, 0.29) is 5.56 Å². The van der Waals surface area contributed by atoms with Gasteiger partial charge in [-0.2, -0.15) is 0 Å². The van der Waals surface area contributed by atoms with Crippen LogP contribution in [0.25, 0.3) is 0 Å². The average Bonchev–Trinajstić information content (AvgIpc) is 3.11. The van der Waals surface area contributed by atoms with Crippen LogP contribution in [0.1, 0.15) is 56.1 Å². The van der Waals surface area contributed by atoms with E-state index in [0.717, 1.165) is 23.9 Å². The Hall–Kier alpha value is -1.05. The smallest absolute Gasteiger partial charge is 0.253 e. The number of hydrogen-bond donors (Lipinski definition) is 0. The van der Waals surface area contributed by atoms with Crippen molar-refractivity contribution in [3.05, 3.63) is 33.7 Å². The van der Waals surface area contributed by atoms with Crippen molar-refractivity contribution in [3.8, 4) is 0 Å². The summed E-state index contributed by atoms with van der Waals surface area (Å²) in [5.41, 5.74) is 2.53. The Morgan fingerprint density at radius 1 is 1.28 bits per heavy atom. The molecular weight excluding hydrogens is 222 g/mol. The summed E-state index contributed by atoms with van der Waals surface area (Å²) in [7, 11) is 0. The summed E-state index contributed by atoms with van der Waals surface area (Å²) < 4.78 is 2.00. The molecule has 3 rings (SSSR count). The van der Waals surface area contributed by atoms with Crippen molar-refractivity contribution in [2.75, 3.05) is 0 Å². The SMILES string of the molecule is Cc1cc(C2CC2)cn(CC2CCC[C@H]2C)c1=O. The van der Waals surface area contributed by atoms with Crippen LogP contribution in [0.3, 0.4) is 0 Å². The van der Waals surface area contributed by atoms with Crippen LogP contribution in [-0.2, 0) is 6.54 Å². The van der Waals surface area contributed by atoms with Crippen LogP contribution in [0.5, 0.6) is 0 Å². The second-order valence-electron chi connectivity index (χ2n) is 6.36. The fourth-order valence-electron chi connectivity index (χ4n) is 3.34. The molecule has 2 fully saturated rings. The highest BCUT2D eigenvalue weighted by Gasteiger charge is 2.27. The third-order valence-corrected chi connectivity index (χ3v) is 4.81. The van der Waals surface area contributed by atoms with Crippen LogP contribution in [0.2, 0.25) is 0 Å². The van der Waals surface area contributed by atoms with Gasteiger partial charge in [0.15, 0.2) is 0 Å². The molecule has 1 aromatic heterocycles. The summed E-state index contributed by atoms with van der Waals surface area (Å²) in [6, 6.07) is 2.11. The third-order valence-electron chi connectivity index (χ3n) is 4.81. The number of aromatic nitrogens is 1. The van der Waals surface area contributed by atoms with Crippen molar-refractivity contribution >= 4 is 0 Å². The number of hydrogen-bond acceptors (Lipinski definition) is 1. The quantitative estimate of drug-likeness (QED) is 0.799. The Balaban J connectivity index is 1.87. The number of nitrogens with zero attached hydrogens (tertiary/aromatic N) is 1. The van der Waals surface area contributed by atoms with Crippen molar-refractivity contribution in [1.82, 2.24) is 4.57 Å². The first-order chi connectivity index (χ1) is 8.65. The van der Waals surface area contributed by atoms with Crippen molar-refractivity contribution in [3.63, 3.8) is 0 Å². The Bertz CT molecular complexity index is 498. The second-order valence-corrected chi connectivity index (χ2v) is 6.36. The monoisotopic (exact) mass is 245 g/mol. The van der Waals surface area contributed by atoms with E-state index in [1.807, 2.05) is 11.5 Å². The van der Waals surface area contributed by atoms with E-state index in [1.54, 1.807) is 0 Å². The van der Waals surface area contributed by atoms with Gasteiger partial charge in [-0.1, -0.05) is 19.8 Å². The van der Waals surface area contributed by atoms with Gasteiger partial charge in [-0.05, 0) is 55.6 Å². The van der Waals surface area contributed by atoms with Gasteiger partial charge in [-0.3, -0.25) is 4.79 Å². The zero-order valence-corrected chi connectivity index (χ0v) is 11.5. The predicted molar refractivity (Wildman–Crippen MR) is 73.9 cm³/mol. The molecule has 2 heteroatoms. The number of rotatable bonds is 3. The Morgan fingerprint density at radius 3 is 2.67 bits per heavy atom. The summed E-state index contributed by atoms with van der Waals surface area (Å²) in [6.07, 6.45) is 8.70. The molecule has 0 aliphatic heterocycles. The summed E-state index contributed by atoms with van der Waals surface area (Å²) in [5, 5.41) is 0. The lowest BCUT2D eigenvalue weighted by molar-refractivity contribution is 0.358. The maximum absolute atomic E-state index is 12.2. The second kappa shape index (κ2) is 4.56. The lowest BCUT2D eigenvalue weighted by atomic mass is 9.98. The molecule has 0 radical (unpaired) electrons. The van der Waals surface area contributed by atoms with Crippen LogP contribution >= 0.6 is 0 Å². The molecule has 2 aliphatic carbocycles. The molecule has 98 valence electrons. The van der Waals surface area contributed by atoms with Gasteiger partial charge in [0.05, 0.1) is 0 Å². The van der Waals surface area contributed by atoms with E-state index in [1.165, 1.54) is 37.7 Å². The van der Waals surface area contributed by atoms with E-state index in [4.69, 9.17) is 0 Å². The highest BCUT2D eigenvalue weighted by atomic mass is 16.1. The Kier molecular flexibility index (Phi) is 3.04. The first-order valence-electron chi connectivity index (χ1n) is 7.36. The van der Waals surface area contributed by atoms with E-state index in [0.29, 0.717) is 5.92 Å². The summed E-state index contributed by atoms with van der Waals surface area (Å²) in [6.45, 7) is 5.23. The Morgan fingerprint density at radius 2 is 2.06 bits per heavy atom. The topological polar surface area (TPSA) is 22.0 Å². The highest BCUT2D eigenvalue weighted by molar-refractivity contribution is 5.25. The van der Waals surface area contributed by atoms with E-state index < -0.39 is 0 Å². The molecule has 1 heterocycles. The lowest BCUT2D eigenvalue weighted by Crippen LogP contribution is -2.26.